The van der Waals surface area contributed by atoms with E-state index in [1.807, 2.05) is 52.8 Å². The van der Waals surface area contributed by atoms with Gasteiger partial charge in [-0.1, -0.05) is 44.4 Å². The van der Waals surface area contributed by atoms with Crippen LogP contribution < -0.4 is 10.8 Å². The van der Waals surface area contributed by atoms with E-state index in [2.05, 4.69) is 47.0 Å². The molecular formula is C23H39N5O2. The fourth-order valence-corrected chi connectivity index (χ4v) is 1.42. The number of aromatic amines is 1. The lowest BCUT2D eigenvalue weighted by Crippen LogP contribution is -2.18. The van der Waals surface area contributed by atoms with Crippen molar-refractivity contribution < 1.29 is 10.0 Å². The van der Waals surface area contributed by atoms with Crippen LogP contribution in [0.2, 0.25) is 0 Å². The van der Waals surface area contributed by atoms with Gasteiger partial charge in [-0.2, -0.15) is 5.10 Å². The molecule has 1 amide bonds. The fraction of sp³-hybridized carbons (Fsp3) is 0.348. The van der Waals surface area contributed by atoms with Gasteiger partial charge >= 0.3 is 0 Å². The molecule has 4 N–H and O–H groups in total. The molecule has 1 aromatic rings. The predicted octanol–water partition coefficient (Wildman–Crippen LogP) is 5.09. The zero-order valence-electron chi connectivity index (χ0n) is 19.4. The first-order valence-electron chi connectivity index (χ1n) is 9.52. The molecule has 0 fully saturated rings. The van der Waals surface area contributed by atoms with Gasteiger partial charge in [0.2, 0.25) is 0 Å². The smallest absolute Gasteiger partial charge is 0.292 e. The molecule has 7 nitrogen and oxygen atoms in total. The predicted molar refractivity (Wildman–Crippen MR) is 130 cm³/mol. The Morgan fingerprint density at radius 3 is 2.13 bits per heavy atom. The molecule has 0 spiro atoms. The second kappa shape index (κ2) is 22.3. The van der Waals surface area contributed by atoms with Gasteiger partial charge in [-0.05, 0) is 65.1 Å². The molecule has 30 heavy (non-hydrogen) atoms. The number of nitrogens with one attached hydrogen (secondary N) is 3. The van der Waals surface area contributed by atoms with Crippen molar-refractivity contribution in [3.8, 4) is 0 Å². The van der Waals surface area contributed by atoms with Crippen molar-refractivity contribution in [3.05, 3.63) is 72.8 Å². The Morgan fingerprint density at radius 2 is 1.77 bits per heavy atom. The lowest BCUT2D eigenvalue weighted by atomic mass is 10.1. The van der Waals surface area contributed by atoms with Crippen molar-refractivity contribution in [3.63, 3.8) is 0 Å². The molecule has 1 heterocycles. The summed E-state index contributed by atoms with van der Waals surface area (Å²) in [4.78, 5) is 14.6. The summed E-state index contributed by atoms with van der Waals surface area (Å²) in [7, 11) is 0. The number of H-pyrrole nitrogens is 1. The van der Waals surface area contributed by atoms with Crippen molar-refractivity contribution in [2.24, 2.45) is 4.99 Å². The number of nitrogens with zero attached hydrogens (tertiary/aromatic N) is 2. The summed E-state index contributed by atoms with van der Waals surface area (Å²) in [6.07, 6.45) is 7.65. The number of hydrogen-bond acceptors (Lipinski definition) is 5. The van der Waals surface area contributed by atoms with Gasteiger partial charge in [0.05, 0.1) is 5.69 Å². The highest BCUT2D eigenvalue weighted by molar-refractivity contribution is 5.92. The van der Waals surface area contributed by atoms with Crippen molar-refractivity contribution >= 4 is 18.2 Å². The number of hydrogen-bond donors (Lipinski definition) is 4. The SMILES string of the molecule is C/C=C\C.C=C(/C=C(\C)c1cc(C(=O)NO)[nH]n1)CNCC.C=CC.C=NC(=C)C. The van der Waals surface area contributed by atoms with E-state index in [0.717, 1.165) is 23.4 Å². The van der Waals surface area contributed by atoms with E-state index in [-0.39, 0.29) is 5.69 Å². The van der Waals surface area contributed by atoms with E-state index < -0.39 is 5.91 Å². The minimum atomic E-state index is -0.618. The molecule has 1 aromatic heterocycles. The normalized spacial score (nSPS) is 9.63. The van der Waals surface area contributed by atoms with Crippen LogP contribution in [-0.2, 0) is 0 Å². The van der Waals surface area contributed by atoms with Crippen LogP contribution in [0.3, 0.4) is 0 Å². The van der Waals surface area contributed by atoms with E-state index in [1.165, 1.54) is 0 Å². The highest BCUT2D eigenvalue weighted by atomic mass is 16.5. The molecule has 0 aliphatic heterocycles. The quantitative estimate of drug-likeness (QED) is 0.163. The number of hydroxylamine groups is 1. The topological polar surface area (TPSA) is 102 Å². The molecular weight excluding hydrogens is 378 g/mol. The highest BCUT2D eigenvalue weighted by Gasteiger charge is 2.09. The third-order valence-electron chi connectivity index (χ3n) is 2.95. The minimum absolute atomic E-state index is 0.206. The van der Waals surface area contributed by atoms with Gasteiger partial charge in [-0.15, -0.1) is 6.58 Å². The Hall–Kier alpha value is -3.03. The number of aromatic nitrogens is 2. The largest absolute Gasteiger partial charge is 0.313 e. The molecule has 0 bridgehead atoms. The summed E-state index contributed by atoms with van der Waals surface area (Å²) in [5.41, 5.74) is 4.99. The summed E-state index contributed by atoms with van der Waals surface area (Å²) in [6, 6.07) is 1.57. The van der Waals surface area contributed by atoms with Gasteiger partial charge in [0.15, 0.2) is 0 Å². The van der Waals surface area contributed by atoms with Crippen molar-refractivity contribution in [2.75, 3.05) is 13.1 Å². The maximum absolute atomic E-state index is 11.1. The first kappa shape index (κ1) is 31.7. The van der Waals surface area contributed by atoms with E-state index in [9.17, 15) is 4.79 Å². The van der Waals surface area contributed by atoms with E-state index in [1.54, 1.807) is 24.5 Å². The summed E-state index contributed by atoms with van der Waals surface area (Å²) in [5, 5.41) is 18.2. The van der Waals surface area contributed by atoms with Crippen LogP contribution >= 0.6 is 0 Å². The number of allylic oxidation sites excluding steroid dienone is 5. The summed E-state index contributed by atoms with van der Waals surface area (Å²) >= 11 is 0. The fourth-order valence-electron chi connectivity index (χ4n) is 1.42. The average molecular weight is 418 g/mol. The molecule has 1 rings (SSSR count). The minimum Gasteiger partial charge on any atom is -0.313 e. The molecule has 0 aliphatic rings. The lowest BCUT2D eigenvalue weighted by molar-refractivity contribution is 0.0700. The lowest BCUT2D eigenvalue weighted by Gasteiger charge is -2.02. The van der Waals surface area contributed by atoms with E-state index >= 15 is 0 Å². The first-order valence-corrected chi connectivity index (χ1v) is 9.52. The molecule has 0 atom stereocenters. The second-order valence-electron chi connectivity index (χ2n) is 5.84. The Balaban J connectivity index is -0.000000499. The van der Waals surface area contributed by atoms with E-state index in [4.69, 9.17) is 5.21 Å². The average Bonchev–Trinajstić information content (AvgIpc) is 3.23. The van der Waals surface area contributed by atoms with Crippen LogP contribution in [0.15, 0.2) is 66.4 Å². The standard InChI is InChI=1S/C12H18N4O2.C4H7N.C4H8.C3H6/c1-4-13-7-8(2)5-9(3)10-6-11(15-14-10)12(17)16-18;1-4(2)5-3;1-3-4-2;1-3-2/h5-6,13,18H,2,4,7H2,1,3H3,(H,14,15)(H,16,17);1,3H2,2H3;3-4H,1-2H3;3H,1H2,2H3/b9-5+;;4-3-;. The van der Waals surface area contributed by atoms with Gasteiger partial charge in [0, 0.05) is 12.2 Å². The monoisotopic (exact) mass is 417 g/mol. The van der Waals surface area contributed by atoms with Crippen LogP contribution in [0.4, 0.5) is 0 Å². The molecule has 168 valence electrons. The second-order valence-corrected chi connectivity index (χ2v) is 5.84. The number of carbonyl (C=O) groups is 1. The Morgan fingerprint density at radius 1 is 1.27 bits per heavy atom. The third-order valence-corrected chi connectivity index (χ3v) is 2.95. The van der Waals surface area contributed by atoms with Crippen molar-refractivity contribution in [2.45, 2.75) is 41.5 Å². The van der Waals surface area contributed by atoms with Crippen molar-refractivity contribution in [1.82, 2.24) is 21.0 Å². The number of aliphatic imine (C=N–C) groups is 1. The van der Waals surface area contributed by atoms with E-state index in [0.29, 0.717) is 12.2 Å². The van der Waals surface area contributed by atoms with Crippen LogP contribution in [0.25, 0.3) is 5.57 Å². The molecule has 0 aromatic carbocycles. The van der Waals surface area contributed by atoms with Crippen LogP contribution in [-0.4, -0.2) is 41.1 Å². The van der Waals surface area contributed by atoms with Gasteiger partial charge in [-0.3, -0.25) is 20.1 Å². The molecule has 7 heteroatoms. The zero-order chi connectivity index (χ0) is 23.9. The van der Waals surface area contributed by atoms with Crippen molar-refractivity contribution in [1.29, 1.82) is 0 Å². The van der Waals surface area contributed by atoms with Crippen LogP contribution in [0, 0.1) is 0 Å². The zero-order valence-corrected chi connectivity index (χ0v) is 19.4. The van der Waals surface area contributed by atoms with Gasteiger partial charge in [0.1, 0.15) is 5.69 Å². The maximum Gasteiger partial charge on any atom is 0.292 e. The number of rotatable bonds is 7. The number of likely N-dealkylation sites (N-methyl/N-ethyl adjacent to an activating group) is 1. The van der Waals surface area contributed by atoms with Crippen LogP contribution in [0.5, 0.6) is 0 Å². The number of carbonyl (C=O) groups excluding carboxylic acids is 1. The van der Waals surface area contributed by atoms with Gasteiger partial charge < -0.3 is 5.32 Å². The Kier molecular flexibility index (Phi) is 23.5. The third kappa shape index (κ3) is 19.7. The Bertz CT molecular complexity index is 696. The molecule has 0 unspecified atom stereocenters. The number of amides is 1. The first-order chi connectivity index (χ1) is 14.2. The summed E-state index contributed by atoms with van der Waals surface area (Å²) in [5.74, 6) is -0.618. The Labute approximate surface area is 182 Å². The maximum atomic E-state index is 11.1. The van der Waals surface area contributed by atoms with Gasteiger partial charge in [-0.25, -0.2) is 5.48 Å². The molecule has 0 saturated carbocycles. The molecule has 0 saturated heterocycles. The summed E-state index contributed by atoms with van der Waals surface area (Å²) in [6.45, 7) is 27.1. The van der Waals surface area contributed by atoms with Crippen LogP contribution in [0.1, 0.15) is 57.7 Å². The van der Waals surface area contributed by atoms with Gasteiger partial charge in [0.25, 0.3) is 5.91 Å². The highest BCUT2D eigenvalue weighted by Crippen LogP contribution is 2.13. The molecule has 0 radical (unpaired) electrons. The molecule has 0 aliphatic carbocycles. The summed E-state index contributed by atoms with van der Waals surface area (Å²) < 4.78 is 0.